The average Bonchev–Trinajstić information content (AvgIpc) is 3.59. The molecule has 0 radical (unpaired) electrons. The van der Waals surface area contributed by atoms with Gasteiger partial charge in [-0.3, -0.25) is 24.1 Å². The van der Waals surface area contributed by atoms with E-state index >= 15 is 0 Å². The van der Waals surface area contributed by atoms with Crippen molar-refractivity contribution in [3.8, 4) is 0 Å². The number of carbonyl (C=O) groups is 5. The van der Waals surface area contributed by atoms with Crippen LogP contribution in [0.4, 0.5) is 0 Å². The number of benzene rings is 1. The Balaban J connectivity index is 0.000000682. The molecule has 0 spiro atoms. The van der Waals surface area contributed by atoms with Crippen LogP contribution in [0.1, 0.15) is 31.9 Å². The molecule has 2 rings (SSSR count). The molecule has 3 unspecified atom stereocenters. The smallest absolute Gasteiger partial charge is 0.327 e. The van der Waals surface area contributed by atoms with Crippen LogP contribution in [-0.2, 0) is 30.4 Å². The number of carboxylic acid groups (broad SMARTS) is 1. The van der Waals surface area contributed by atoms with Gasteiger partial charge >= 0.3 is 5.97 Å². The van der Waals surface area contributed by atoms with Crippen LogP contribution in [0.25, 0.3) is 0 Å². The van der Waals surface area contributed by atoms with Gasteiger partial charge < -0.3 is 32.3 Å². The van der Waals surface area contributed by atoms with Crippen LogP contribution < -0.4 is 22.1 Å². The summed E-state index contributed by atoms with van der Waals surface area (Å²) >= 11 is 0. The van der Waals surface area contributed by atoms with Gasteiger partial charge in [0, 0.05) is 0 Å². The number of fused-ring (bicyclic) bond motifs is 1. The third-order valence-electron chi connectivity index (χ3n) is 4.95. The number of nitrogens with zero attached hydrogens (tertiary/aromatic N) is 1. The Bertz CT molecular complexity index is 884. The molecule has 1 aromatic carbocycles. The molecule has 8 N–H and O–H groups in total. The zero-order valence-corrected chi connectivity index (χ0v) is 19.5. The van der Waals surface area contributed by atoms with Crippen molar-refractivity contribution in [3.05, 3.63) is 35.4 Å². The van der Waals surface area contributed by atoms with Gasteiger partial charge in [-0.2, -0.15) is 0 Å². The Morgan fingerprint density at radius 3 is 1.82 bits per heavy atom. The molecule has 0 bridgehead atoms. The van der Waals surface area contributed by atoms with Crippen LogP contribution in [0.15, 0.2) is 24.3 Å². The van der Waals surface area contributed by atoms with Crippen LogP contribution in [0, 0.1) is 5.92 Å². The van der Waals surface area contributed by atoms with Gasteiger partial charge in [-0.05, 0) is 30.4 Å². The molecule has 12 nitrogen and oxygen atoms in total. The van der Waals surface area contributed by atoms with Crippen molar-refractivity contribution >= 4 is 29.6 Å². The SMILES string of the molecule is CC(NC(=O)CN)C(=O)N(C(=O)C(CO)NC(=O)CN)C(C(=O)O)C(C)C.c1ccc2c(c1)C2. The lowest BCUT2D eigenvalue weighted by Crippen LogP contribution is -2.62. The van der Waals surface area contributed by atoms with E-state index in [2.05, 4.69) is 34.9 Å². The van der Waals surface area contributed by atoms with E-state index in [0.29, 0.717) is 4.90 Å². The van der Waals surface area contributed by atoms with E-state index in [4.69, 9.17) is 11.5 Å². The zero-order valence-electron chi connectivity index (χ0n) is 19.5. The molecule has 0 aromatic heterocycles. The first-order valence-electron chi connectivity index (χ1n) is 10.7. The summed E-state index contributed by atoms with van der Waals surface area (Å²) in [5.41, 5.74) is 13.4. The first-order chi connectivity index (χ1) is 16.0. The first kappa shape index (κ1) is 28.7. The molecular weight excluding hydrogens is 446 g/mol. The van der Waals surface area contributed by atoms with Crippen LogP contribution in [-0.4, -0.2) is 82.5 Å². The van der Waals surface area contributed by atoms with E-state index in [-0.39, 0.29) is 0 Å². The third-order valence-corrected chi connectivity index (χ3v) is 4.95. The number of carbonyl (C=O) groups excluding carboxylic acids is 4. The second kappa shape index (κ2) is 13.4. The van der Waals surface area contributed by atoms with E-state index in [1.54, 1.807) is 0 Å². The lowest BCUT2D eigenvalue weighted by Gasteiger charge is -2.34. The highest BCUT2D eigenvalue weighted by atomic mass is 16.4. The van der Waals surface area contributed by atoms with E-state index in [1.807, 2.05) is 0 Å². The maximum Gasteiger partial charge on any atom is 0.327 e. The summed E-state index contributed by atoms with van der Waals surface area (Å²) < 4.78 is 0. The zero-order chi connectivity index (χ0) is 26.0. The van der Waals surface area contributed by atoms with Crippen molar-refractivity contribution in [2.45, 2.75) is 45.3 Å². The Hall–Kier alpha value is -3.35. The molecule has 34 heavy (non-hydrogen) atoms. The average molecular weight is 480 g/mol. The molecule has 0 saturated carbocycles. The van der Waals surface area contributed by atoms with Gasteiger partial charge in [0.25, 0.3) is 11.8 Å². The van der Waals surface area contributed by atoms with Crippen molar-refractivity contribution < 1.29 is 34.2 Å². The van der Waals surface area contributed by atoms with Crippen LogP contribution in [0.5, 0.6) is 0 Å². The fraction of sp³-hybridized carbons (Fsp3) is 0.500. The van der Waals surface area contributed by atoms with Crippen molar-refractivity contribution in [1.82, 2.24) is 15.5 Å². The minimum atomic E-state index is -1.59. The Morgan fingerprint density at radius 1 is 0.941 bits per heavy atom. The van der Waals surface area contributed by atoms with Crippen LogP contribution in [0.2, 0.25) is 0 Å². The summed E-state index contributed by atoms with van der Waals surface area (Å²) in [6, 6.07) is 4.09. The lowest BCUT2D eigenvalue weighted by molar-refractivity contribution is -0.162. The van der Waals surface area contributed by atoms with E-state index < -0.39 is 73.3 Å². The Kier molecular flexibility index (Phi) is 11.3. The molecule has 0 aliphatic heterocycles. The molecule has 4 amide bonds. The number of imide groups is 1. The molecule has 1 aliphatic carbocycles. The summed E-state index contributed by atoms with van der Waals surface area (Å²) in [5.74, 6) is -5.80. The molecule has 0 heterocycles. The second-order valence-electron chi connectivity index (χ2n) is 8.02. The maximum absolute atomic E-state index is 12.8. The molecule has 1 aliphatic rings. The molecule has 0 saturated heterocycles. The number of hydrogen-bond acceptors (Lipinski definition) is 8. The summed E-state index contributed by atoms with van der Waals surface area (Å²) in [6.07, 6.45) is 1.24. The van der Waals surface area contributed by atoms with Gasteiger partial charge in [0.05, 0.1) is 19.7 Å². The molecular formula is C22H33N5O7. The Morgan fingerprint density at radius 2 is 1.44 bits per heavy atom. The van der Waals surface area contributed by atoms with Crippen LogP contribution in [0.3, 0.4) is 0 Å². The van der Waals surface area contributed by atoms with Crippen molar-refractivity contribution in [1.29, 1.82) is 0 Å². The summed E-state index contributed by atoms with van der Waals surface area (Å²) in [6.45, 7) is 2.42. The molecule has 1 aromatic rings. The minimum Gasteiger partial charge on any atom is -0.480 e. The highest BCUT2D eigenvalue weighted by Gasteiger charge is 2.41. The normalized spacial score (nSPS) is 13.9. The lowest BCUT2D eigenvalue weighted by atomic mass is 10.0. The van der Waals surface area contributed by atoms with Gasteiger partial charge in [0.1, 0.15) is 18.1 Å². The van der Waals surface area contributed by atoms with E-state index in [9.17, 15) is 34.2 Å². The van der Waals surface area contributed by atoms with Crippen molar-refractivity contribution in [3.63, 3.8) is 0 Å². The highest BCUT2D eigenvalue weighted by Crippen LogP contribution is 2.25. The predicted octanol–water partition coefficient (Wildman–Crippen LogP) is -2.06. The highest BCUT2D eigenvalue weighted by molar-refractivity contribution is 6.05. The number of amides is 4. The predicted molar refractivity (Wildman–Crippen MR) is 122 cm³/mol. The molecule has 12 heteroatoms. The fourth-order valence-electron chi connectivity index (χ4n) is 3.09. The van der Waals surface area contributed by atoms with Gasteiger partial charge in [-0.1, -0.05) is 38.1 Å². The third kappa shape index (κ3) is 8.21. The van der Waals surface area contributed by atoms with Gasteiger partial charge in [-0.15, -0.1) is 0 Å². The first-order valence-corrected chi connectivity index (χ1v) is 10.7. The molecule has 0 fully saturated rings. The van der Waals surface area contributed by atoms with Gasteiger partial charge in [-0.25, -0.2) is 4.79 Å². The standard InChI is InChI=1S/C15H27N5O7.C7H6/c1-7(2)12(15(26)27)20(13(24)8(3)18-10(22)4-16)14(25)9(6-21)19-11(23)5-17;1-2-4-7-5-6(7)3-1/h7-9,12,21H,4-6,16-17H2,1-3H3,(H,18,22)(H,19,23)(H,26,27);1-4H,5H2. The van der Waals surface area contributed by atoms with Gasteiger partial charge in [0.2, 0.25) is 11.8 Å². The monoisotopic (exact) mass is 479 g/mol. The fourth-order valence-corrected chi connectivity index (χ4v) is 3.09. The van der Waals surface area contributed by atoms with E-state index in [0.717, 1.165) is 0 Å². The number of rotatable bonds is 10. The quantitative estimate of drug-likeness (QED) is 0.221. The topological polar surface area (TPSA) is 205 Å². The number of nitrogens with two attached hydrogens (primary N) is 2. The van der Waals surface area contributed by atoms with E-state index in [1.165, 1.54) is 38.3 Å². The number of nitrogens with one attached hydrogen (secondary N) is 2. The van der Waals surface area contributed by atoms with Crippen molar-refractivity contribution in [2.75, 3.05) is 19.7 Å². The molecule has 188 valence electrons. The van der Waals surface area contributed by atoms with Crippen molar-refractivity contribution in [2.24, 2.45) is 17.4 Å². The number of aliphatic carboxylic acids is 1. The number of aliphatic hydroxyl groups is 1. The summed E-state index contributed by atoms with van der Waals surface area (Å²) in [5, 5.41) is 23.2. The number of aliphatic hydroxyl groups excluding tert-OH is 1. The number of carboxylic acids is 1. The Labute approximate surface area is 197 Å². The number of hydrogen-bond donors (Lipinski definition) is 6. The maximum atomic E-state index is 12.8. The largest absolute Gasteiger partial charge is 0.480 e. The minimum absolute atomic E-state index is 0.413. The second-order valence-corrected chi connectivity index (χ2v) is 8.02. The molecule has 3 atom stereocenters. The van der Waals surface area contributed by atoms with Gasteiger partial charge in [0.15, 0.2) is 0 Å². The van der Waals surface area contributed by atoms with Crippen LogP contribution >= 0.6 is 0 Å². The summed E-state index contributed by atoms with van der Waals surface area (Å²) in [7, 11) is 0. The summed E-state index contributed by atoms with van der Waals surface area (Å²) in [4.78, 5) is 60.4.